The molecule has 2 heterocycles. The highest BCUT2D eigenvalue weighted by atomic mass is 16.5. The third-order valence-corrected chi connectivity index (χ3v) is 4.56. The number of carbonyl (C=O) groups excluding carboxylic acids is 1. The van der Waals surface area contributed by atoms with Crippen molar-refractivity contribution < 1.29 is 14.3 Å². The van der Waals surface area contributed by atoms with Gasteiger partial charge in [0.2, 0.25) is 5.91 Å². The maximum Gasteiger partial charge on any atom is 0.244 e. The Balaban J connectivity index is 1.61. The largest absolute Gasteiger partial charge is 0.497 e. The molecule has 134 valence electrons. The second-order valence-corrected chi connectivity index (χ2v) is 6.33. The van der Waals surface area contributed by atoms with Crippen LogP contribution in [0.4, 0.5) is 5.69 Å². The Bertz CT molecular complexity index is 929. The number of aromatic nitrogens is 2. The third kappa shape index (κ3) is 3.28. The first-order chi connectivity index (χ1) is 12.7. The molecule has 0 spiro atoms. The highest BCUT2D eigenvalue weighted by Gasteiger charge is 2.25. The van der Waals surface area contributed by atoms with E-state index in [1.165, 1.54) is 0 Å². The first-order valence-corrected chi connectivity index (χ1v) is 8.75. The van der Waals surface area contributed by atoms with Crippen molar-refractivity contribution in [3.05, 3.63) is 54.4 Å². The number of imidazole rings is 1. The third-order valence-electron chi connectivity index (χ3n) is 4.56. The number of rotatable bonds is 5. The maximum absolute atomic E-state index is 12.6. The molecule has 6 heteroatoms. The van der Waals surface area contributed by atoms with E-state index < -0.39 is 0 Å². The smallest absolute Gasteiger partial charge is 0.244 e. The Morgan fingerprint density at radius 2 is 2.19 bits per heavy atom. The molecule has 26 heavy (non-hydrogen) atoms. The normalized spacial score (nSPS) is 16.7. The van der Waals surface area contributed by atoms with Crippen LogP contribution in [0.5, 0.6) is 5.75 Å². The lowest BCUT2D eigenvalue weighted by Crippen LogP contribution is -2.21. The van der Waals surface area contributed by atoms with Crippen molar-refractivity contribution in [2.24, 2.45) is 0 Å². The van der Waals surface area contributed by atoms with Crippen molar-refractivity contribution in [1.82, 2.24) is 9.55 Å². The van der Waals surface area contributed by atoms with Gasteiger partial charge in [-0.15, -0.1) is 0 Å². The quantitative estimate of drug-likeness (QED) is 0.764. The first kappa shape index (κ1) is 16.6. The van der Waals surface area contributed by atoms with Crippen LogP contribution in [0.2, 0.25) is 0 Å². The predicted molar refractivity (Wildman–Crippen MR) is 99.3 cm³/mol. The molecule has 1 amide bonds. The van der Waals surface area contributed by atoms with Crippen LogP contribution in [-0.4, -0.2) is 29.2 Å². The fourth-order valence-corrected chi connectivity index (χ4v) is 3.33. The number of nitrogens with zero attached hydrogens (tertiary/aromatic N) is 2. The van der Waals surface area contributed by atoms with Gasteiger partial charge in [-0.25, -0.2) is 4.98 Å². The molecular weight excluding hydrogens is 330 g/mol. The van der Waals surface area contributed by atoms with Crippen LogP contribution in [0.3, 0.4) is 0 Å². The highest BCUT2D eigenvalue weighted by Crippen LogP contribution is 2.30. The van der Waals surface area contributed by atoms with Gasteiger partial charge in [-0.1, -0.05) is 18.2 Å². The van der Waals surface area contributed by atoms with Crippen molar-refractivity contribution >= 4 is 22.6 Å². The highest BCUT2D eigenvalue weighted by molar-refractivity contribution is 5.92. The van der Waals surface area contributed by atoms with Crippen molar-refractivity contribution in [1.29, 1.82) is 0 Å². The second kappa shape index (κ2) is 7.17. The molecule has 1 aliphatic heterocycles. The van der Waals surface area contributed by atoms with Gasteiger partial charge in [0.05, 0.1) is 18.1 Å². The van der Waals surface area contributed by atoms with E-state index >= 15 is 0 Å². The molecule has 3 aromatic rings. The van der Waals surface area contributed by atoms with Gasteiger partial charge in [0.25, 0.3) is 0 Å². The second-order valence-electron chi connectivity index (χ2n) is 6.33. The van der Waals surface area contributed by atoms with Crippen LogP contribution in [0, 0.1) is 0 Å². The van der Waals surface area contributed by atoms with E-state index in [1.54, 1.807) is 13.2 Å². The lowest BCUT2D eigenvalue weighted by molar-refractivity contribution is -0.116. The van der Waals surface area contributed by atoms with Crippen molar-refractivity contribution in [2.45, 2.75) is 25.5 Å². The van der Waals surface area contributed by atoms with Crippen LogP contribution in [0.25, 0.3) is 11.0 Å². The summed E-state index contributed by atoms with van der Waals surface area (Å²) in [4.78, 5) is 17.4. The monoisotopic (exact) mass is 351 g/mol. The molecule has 0 bridgehead atoms. The van der Waals surface area contributed by atoms with Gasteiger partial charge in [0.15, 0.2) is 0 Å². The number of carbonyl (C=O) groups is 1. The van der Waals surface area contributed by atoms with E-state index in [0.717, 1.165) is 36.3 Å². The molecule has 1 aromatic heterocycles. The summed E-state index contributed by atoms with van der Waals surface area (Å²) in [5, 5.41) is 2.93. The number of methoxy groups -OCH3 is 1. The zero-order chi connectivity index (χ0) is 17.9. The number of benzene rings is 2. The number of nitrogens with one attached hydrogen (secondary N) is 1. The van der Waals surface area contributed by atoms with Crippen molar-refractivity contribution in [3.8, 4) is 5.75 Å². The number of para-hydroxylation sites is 2. The van der Waals surface area contributed by atoms with Gasteiger partial charge < -0.3 is 19.4 Å². The Kier molecular flexibility index (Phi) is 4.58. The summed E-state index contributed by atoms with van der Waals surface area (Å²) < 4.78 is 13.0. The van der Waals surface area contributed by atoms with E-state index in [9.17, 15) is 4.79 Å². The maximum atomic E-state index is 12.6. The van der Waals surface area contributed by atoms with Gasteiger partial charge in [-0.05, 0) is 37.1 Å². The summed E-state index contributed by atoms with van der Waals surface area (Å²) in [5.41, 5.74) is 2.53. The Hall–Kier alpha value is -2.86. The number of ether oxygens (including phenoxy) is 2. The van der Waals surface area contributed by atoms with Crippen molar-refractivity contribution in [2.75, 3.05) is 19.0 Å². The Morgan fingerprint density at radius 1 is 1.31 bits per heavy atom. The number of anilines is 1. The lowest BCUT2D eigenvalue weighted by atomic mass is 10.2. The number of hydrogen-bond donors (Lipinski definition) is 1. The molecule has 1 atom stereocenters. The molecule has 4 rings (SSSR count). The summed E-state index contributed by atoms with van der Waals surface area (Å²) in [6.45, 7) is 0.927. The summed E-state index contributed by atoms with van der Waals surface area (Å²) in [6.07, 6.45) is 1.90. The molecule has 6 nitrogen and oxygen atoms in total. The van der Waals surface area contributed by atoms with Gasteiger partial charge in [0.1, 0.15) is 24.2 Å². The fraction of sp³-hybridized carbons (Fsp3) is 0.300. The molecule has 1 N–H and O–H groups in total. The summed E-state index contributed by atoms with van der Waals surface area (Å²) in [5.74, 6) is 1.42. The van der Waals surface area contributed by atoms with Crippen LogP contribution in [0.15, 0.2) is 48.5 Å². The molecule has 1 saturated heterocycles. The van der Waals surface area contributed by atoms with E-state index in [2.05, 4.69) is 5.32 Å². The van der Waals surface area contributed by atoms with Gasteiger partial charge >= 0.3 is 0 Å². The summed E-state index contributed by atoms with van der Waals surface area (Å²) in [6, 6.07) is 15.2. The van der Waals surface area contributed by atoms with Crippen LogP contribution in [0.1, 0.15) is 24.8 Å². The van der Waals surface area contributed by atoms with Crippen molar-refractivity contribution in [3.63, 3.8) is 0 Å². The van der Waals surface area contributed by atoms with Crippen LogP contribution >= 0.6 is 0 Å². The molecular formula is C20H21N3O3. The molecule has 0 saturated carbocycles. The lowest BCUT2D eigenvalue weighted by Gasteiger charge is -2.14. The average molecular weight is 351 g/mol. The number of fused-ring (bicyclic) bond motifs is 1. The topological polar surface area (TPSA) is 65.4 Å². The van der Waals surface area contributed by atoms with Gasteiger partial charge in [0, 0.05) is 18.4 Å². The molecule has 0 aliphatic carbocycles. The Labute approximate surface area is 151 Å². The zero-order valence-corrected chi connectivity index (χ0v) is 14.6. The average Bonchev–Trinajstić information content (AvgIpc) is 3.30. The van der Waals surface area contributed by atoms with Gasteiger partial charge in [-0.3, -0.25) is 4.79 Å². The van der Waals surface area contributed by atoms with E-state index in [1.807, 2.05) is 47.0 Å². The minimum Gasteiger partial charge on any atom is -0.497 e. The number of amides is 1. The zero-order valence-electron chi connectivity index (χ0n) is 14.6. The van der Waals surface area contributed by atoms with Gasteiger partial charge in [-0.2, -0.15) is 0 Å². The minimum absolute atomic E-state index is 0.0491. The summed E-state index contributed by atoms with van der Waals surface area (Å²) in [7, 11) is 1.60. The molecule has 1 aliphatic rings. The standard InChI is InChI=1S/C20H21N3O3/c1-25-15-7-4-6-14(12-15)21-19(24)13-23-17-9-3-2-8-16(17)22-20(23)18-10-5-11-26-18/h2-4,6-9,12,18H,5,10-11,13H2,1H3,(H,21,24). The Morgan fingerprint density at radius 3 is 3.00 bits per heavy atom. The van der Waals surface area contributed by atoms with E-state index in [-0.39, 0.29) is 18.6 Å². The molecule has 1 unspecified atom stereocenters. The predicted octanol–water partition coefficient (Wildman–Crippen LogP) is 3.54. The van der Waals surface area contributed by atoms with E-state index in [0.29, 0.717) is 11.4 Å². The fourth-order valence-electron chi connectivity index (χ4n) is 3.33. The van der Waals surface area contributed by atoms with Crippen LogP contribution < -0.4 is 10.1 Å². The molecule has 2 aromatic carbocycles. The minimum atomic E-state index is -0.111. The number of hydrogen-bond acceptors (Lipinski definition) is 4. The molecule has 1 fully saturated rings. The van der Waals surface area contributed by atoms with E-state index in [4.69, 9.17) is 14.5 Å². The van der Waals surface area contributed by atoms with Crippen LogP contribution in [-0.2, 0) is 16.1 Å². The molecule has 0 radical (unpaired) electrons. The SMILES string of the molecule is COc1cccc(NC(=O)Cn2c(C3CCCO3)nc3ccccc32)c1. The first-order valence-electron chi connectivity index (χ1n) is 8.75. The summed E-state index contributed by atoms with van der Waals surface area (Å²) >= 11 is 0.